The molecule has 2 N–H and O–H groups in total. The fraction of sp³-hybridized carbons (Fsp3) is 0. The van der Waals surface area contributed by atoms with Gasteiger partial charge in [-0.05, 0) is 23.8 Å². The van der Waals surface area contributed by atoms with Gasteiger partial charge in [0.1, 0.15) is 11.5 Å². The molecular formula is C12H9NO4. The normalized spacial score (nSPS) is 10.1. The van der Waals surface area contributed by atoms with E-state index >= 15 is 0 Å². The third kappa shape index (κ3) is 2.17. The molecule has 0 aliphatic heterocycles. The molecule has 0 bridgehead atoms. The van der Waals surface area contributed by atoms with Crippen LogP contribution in [0.2, 0.25) is 0 Å². The van der Waals surface area contributed by atoms with E-state index in [0.29, 0.717) is 11.1 Å². The molecule has 2 aromatic rings. The third-order valence-electron chi connectivity index (χ3n) is 2.37. The number of phenolic OH excluding ortho intramolecular Hbond substituents is 2. The standard InChI is InChI=1S/C12H9NO4/c14-10-4-1-8(2-5-10)11-6-3-9(13(16)17)7-12(11)15/h1-7,14-15H. The molecule has 0 aliphatic rings. The number of nitro groups is 1. The lowest BCUT2D eigenvalue weighted by Gasteiger charge is -2.04. The summed E-state index contributed by atoms with van der Waals surface area (Å²) in [7, 11) is 0. The SMILES string of the molecule is O=[N+]([O-])c1ccc(-c2ccc(O)cc2)c(O)c1. The first-order valence-corrected chi connectivity index (χ1v) is 4.85. The van der Waals surface area contributed by atoms with Crippen LogP contribution in [-0.2, 0) is 0 Å². The van der Waals surface area contributed by atoms with Crippen LogP contribution in [0.5, 0.6) is 11.5 Å². The van der Waals surface area contributed by atoms with Gasteiger partial charge in [0.05, 0.1) is 11.0 Å². The minimum absolute atomic E-state index is 0.121. The molecule has 0 saturated carbocycles. The molecule has 0 amide bonds. The lowest BCUT2D eigenvalue weighted by atomic mass is 10.0. The van der Waals surface area contributed by atoms with Crippen LogP contribution in [0.3, 0.4) is 0 Å². The number of phenols is 2. The van der Waals surface area contributed by atoms with Crippen LogP contribution in [0.25, 0.3) is 11.1 Å². The minimum Gasteiger partial charge on any atom is -0.508 e. The molecule has 17 heavy (non-hydrogen) atoms. The molecule has 86 valence electrons. The highest BCUT2D eigenvalue weighted by atomic mass is 16.6. The Labute approximate surface area is 96.7 Å². The molecule has 0 saturated heterocycles. The second-order valence-electron chi connectivity index (χ2n) is 3.51. The molecule has 0 unspecified atom stereocenters. The fourth-order valence-corrected chi connectivity index (χ4v) is 1.52. The Morgan fingerprint density at radius 3 is 2.18 bits per heavy atom. The summed E-state index contributed by atoms with van der Waals surface area (Å²) in [6.07, 6.45) is 0. The minimum atomic E-state index is -0.569. The van der Waals surface area contributed by atoms with Crippen molar-refractivity contribution < 1.29 is 15.1 Å². The number of hydrogen-bond donors (Lipinski definition) is 2. The summed E-state index contributed by atoms with van der Waals surface area (Å²) in [6, 6.07) is 10.1. The molecular weight excluding hydrogens is 222 g/mol. The van der Waals surface area contributed by atoms with E-state index < -0.39 is 4.92 Å². The van der Waals surface area contributed by atoms with Gasteiger partial charge in [-0.1, -0.05) is 12.1 Å². The maximum absolute atomic E-state index is 10.5. The largest absolute Gasteiger partial charge is 0.508 e. The summed E-state index contributed by atoms with van der Waals surface area (Å²) in [5, 5.41) is 29.3. The Bertz CT molecular complexity index is 563. The average Bonchev–Trinajstić information content (AvgIpc) is 2.30. The van der Waals surface area contributed by atoms with Gasteiger partial charge in [-0.15, -0.1) is 0 Å². The quantitative estimate of drug-likeness (QED) is 0.614. The fourth-order valence-electron chi connectivity index (χ4n) is 1.52. The van der Waals surface area contributed by atoms with Crippen molar-refractivity contribution in [3.05, 3.63) is 52.6 Å². The zero-order valence-electron chi connectivity index (χ0n) is 8.70. The monoisotopic (exact) mass is 231 g/mol. The summed E-state index contributed by atoms with van der Waals surface area (Å²) in [4.78, 5) is 9.94. The van der Waals surface area contributed by atoms with Gasteiger partial charge in [0.25, 0.3) is 5.69 Å². The van der Waals surface area contributed by atoms with Crippen LogP contribution < -0.4 is 0 Å². The molecule has 0 aromatic heterocycles. The first kappa shape index (κ1) is 10.9. The molecule has 0 spiro atoms. The highest BCUT2D eigenvalue weighted by molar-refractivity contribution is 5.72. The van der Waals surface area contributed by atoms with Crippen molar-refractivity contribution in [3.8, 4) is 22.6 Å². The van der Waals surface area contributed by atoms with Crippen LogP contribution in [0, 0.1) is 10.1 Å². The molecule has 2 rings (SSSR count). The summed E-state index contributed by atoms with van der Waals surface area (Å²) in [6.45, 7) is 0. The van der Waals surface area contributed by atoms with Crippen molar-refractivity contribution in [2.45, 2.75) is 0 Å². The van der Waals surface area contributed by atoms with Crippen molar-refractivity contribution in [2.24, 2.45) is 0 Å². The van der Waals surface area contributed by atoms with Gasteiger partial charge < -0.3 is 10.2 Å². The lowest BCUT2D eigenvalue weighted by Crippen LogP contribution is -1.88. The first-order valence-electron chi connectivity index (χ1n) is 4.85. The van der Waals surface area contributed by atoms with Crippen molar-refractivity contribution in [1.82, 2.24) is 0 Å². The van der Waals surface area contributed by atoms with Crippen LogP contribution in [0.4, 0.5) is 5.69 Å². The van der Waals surface area contributed by atoms with Gasteiger partial charge in [0.2, 0.25) is 0 Å². The molecule has 5 nitrogen and oxygen atoms in total. The molecule has 0 radical (unpaired) electrons. The number of aromatic hydroxyl groups is 2. The van der Waals surface area contributed by atoms with Gasteiger partial charge in [-0.25, -0.2) is 0 Å². The first-order chi connectivity index (χ1) is 8.08. The Morgan fingerprint density at radius 1 is 1.00 bits per heavy atom. The smallest absolute Gasteiger partial charge is 0.273 e. The molecule has 0 fully saturated rings. The van der Waals surface area contributed by atoms with Gasteiger partial charge in [0.15, 0.2) is 0 Å². The Balaban J connectivity index is 2.46. The predicted octanol–water partition coefficient (Wildman–Crippen LogP) is 2.67. The Hall–Kier alpha value is -2.56. The van der Waals surface area contributed by atoms with Gasteiger partial charge in [-0.2, -0.15) is 0 Å². The maximum atomic E-state index is 10.5. The van der Waals surface area contributed by atoms with Crippen LogP contribution in [0.15, 0.2) is 42.5 Å². The summed E-state index contributed by atoms with van der Waals surface area (Å²) < 4.78 is 0. The van der Waals surface area contributed by atoms with E-state index in [9.17, 15) is 15.2 Å². The molecule has 5 heteroatoms. The zero-order valence-corrected chi connectivity index (χ0v) is 8.70. The van der Waals surface area contributed by atoms with E-state index in [1.165, 1.54) is 24.3 Å². The van der Waals surface area contributed by atoms with Crippen molar-refractivity contribution in [2.75, 3.05) is 0 Å². The molecule has 0 heterocycles. The van der Waals surface area contributed by atoms with E-state index in [2.05, 4.69) is 0 Å². The Morgan fingerprint density at radius 2 is 1.65 bits per heavy atom. The van der Waals surface area contributed by atoms with Crippen LogP contribution in [0.1, 0.15) is 0 Å². The van der Waals surface area contributed by atoms with Crippen LogP contribution >= 0.6 is 0 Å². The number of non-ortho nitro benzene ring substituents is 1. The topological polar surface area (TPSA) is 83.6 Å². The van der Waals surface area contributed by atoms with E-state index in [1.54, 1.807) is 12.1 Å². The predicted molar refractivity (Wildman–Crippen MR) is 61.9 cm³/mol. The van der Waals surface area contributed by atoms with Crippen molar-refractivity contribution in [3.63, 3.8) is 0 Å². The number of rotatable bonds is 2. The van der Waals surface area contributed by atoms with E-state index in [-0.39, 0.29) is 17.2 Å². The van der Waals surface area contributed by atoms with Crippen LogP contribution in [-0.4, -0.2) is 15.1 Å². The van der Waals surface area contributed by atoms with Gasteiger partial charge in [0, 0.05) is 11.6 Å². The number of hydrogen-bond acceptors (Lipinski definition) is 4. The number of benzene rings is 2. The second-order valence-corrected chi connectivity index (χ2v) is 3.51. The summed E-state index contributed by atoms with van der Waals surface area (Å²) in [5.41, 5.74) is 0.996. The van der Waals surface area contributed by atoms with E-state index in [1.807, 2.05) is 0 Å². The highest BCUT2D eigenvalue weighted by Gasteiger charge is 2.11. The molecule has 0 atom stereocenters. The Kier molecular flexibility index (Phi) is 2.66. The number of nitrogens with zero attached hydrogens (tertiary/aromatic N) is 1. The van der Waals surface area contributed by atoms with Crippen molar-refractivity contribution in [1.29, 1.82) is 0 Å². The summed E-state index contributed by atoms with van der Waals surface area (Å²) >= 11 is 0. The lowest BCUT2D eigenvalue weighted by molar-refractivity contribution is -0.384. The van der Waals surface area contributed by atoms with E-state index in [0.717, 1.165) is 6.07 Å². The zero-order chi connectivity index (χ0) is 12.4. The molecule has 2 aromatic carbocycles. The molecule has 0 aliphatic carbocycles. The van der Waals surface area contributed by atoms with Gasteiger partial charge in [-0.3, -0.25) is 10.1 Å². The third-order valence-corrected chi connectivity index (χ3v) is 2.37. The average molecular weight is 231 g/mol. The second kappa shape index (κ2) is 4.13. The van der Waals surface area contributed by atoms with Crippen molar-refractivity contribution >= 4 is 5.69 Å². The summed E-state index contributed by atoms with van der Waals surface area (Å²) in [5.74, 6) is -0.0416. The maximum Gasteiger partial charge on any atom is 0.273 e. The van der Waals surface area contributed by atoms with E-state index in [4.69, 9.17) is 5.11 Å². The highest BCUT2D eigenvalue weighted by Crippen LogP contribution is 2.32. The van der Waals surface area contributed by atoms with Gasteiger partial charge >= 0.3 is 0 Å². The number of nitro benzene ring substituents is 1.